The molecule has 0 aliphatic heterocycles. The predicted octanol–water partition coefficient (Wildman–Crippen LogP) is 1.99. The largest absolute Gasteiger partial charge is 0.269 e. The molecular weight excluding hydrogens is 188 g/mol. The van der Waals surface area contributed by atoms with E-state index < -0.39 is 0 Å². The number of hydrogen-bond donors (Lipinski definition) is 0. The molecule has 0 fully saturated rings. The first-order chi connectivity index (χ1) is 7.00. The van der Waals surface area contributed by atoms with Gasteiger partial charge in [-0.05, 0) is 11.5 Å². The highest BCUT2D eigenvalue weighted by Crippen LogP contribution is 2.24. The maximum absolute atomic E-state index is 11.6. The van der Waals surface area contributed by atoms with Crippen molar-refractivity contribution in [2.75, 3.05) is 0 Å². The molecule has 2 rings (SSSR count). The van der Waals surface area contributed by atoms with Crippen molar-refractivity contribution in [3.63, 3.8) is 0 Å². The topological polar surface area (TPSA) is 34.4 Å². The van der Waals surface area contributed by atoms with E-state index >= 15 is 0 Å². The summed E-state index contributed by atoms with van der Waals surface area (Å²) in [5.41, 5.74) is 1.79. The lowest BCUT2D eigenvalue weighted by Crippen LogP contribution is -2.19. The number of rotatable bonds is 0. The summed E-state index contributed by atoms with van der Waals surface area (Å²) in [5.74, 6) is 0. The zero-order chi connectivity index (χ0) is 11.1. The van der Waals surface area contributed by atoms with Crippen molar-refractivity contribution in [2.24, 2.45) is 0 Å². The van der Waals surface area contributed by atoms with Crippen LogP contribution in [-0.4, -0.2) is 9.38 Å². The molecule has 15 heavy (non-hydrogen) atoms. The van der Waals surface area contributed by atoms with Crippen molar-refractivity contribution in [3.05, 3.63) is 46.5 Å². The van der Waals surface area contributed by atoms with Gasteiger partial charge in [-0.1, -0.05) is 26.8 Å². The molecule has 0 radical (unpaired) electrons. The maximum Gasteiger partial charge on any atom is 0.257 e. The van der Waals surface area contributed by atoms with Crippen LogP contribution in [0.25, 0.3) is 5.65 Å². The van der Waals surface area contributed by atoms with Gasteiger partial charge in [-0.2, -0.15) is 0 Å². The van der Waals surface area contributed by atoms with Crippen LogP contribution in [-0.2, 0) is 5.41 Å². The Kier molecular flexibility index (Phi) is 2.11. The average molecular weight is 202 g/mol. The van der Waals surface area contributed by atoms with Crippen molar-refractivity contribution in [2.45, 2.75) is 26.2 Å². The molecule has 0 saturated heterocycles. The van der Waals surface area contributed by atoms with Crippen LogP contribution in [0.3, 0.4) is 0 Å². The fourth-order valence-corrected chi connectivity index (χ4v) is 1.65. The molecular formula is C12H14N2O. The first-order valence-corrected chi connectivity index (χ1v) is 4.97. The minimum absolute atomic E-state index is 0.00664. The first kappa shape index (κ1) is 9.90. The Morgan fingerprint density at radius 3 is 2.67 bits per heavy atom. The third-order valence-corrected chi connectivity index (χ3v) is 2.43. The molecule has 3 heteroatoms. The quantitative estimate of drug-likeness (QED) is 0.654. The van der Waals surface area contributed by atoms with E-state index in [9.17, 15) is 4.79 Å². The molecule has 0 N–H and O–H groups in total. The van der Waals surface area contributed by atoms with Gasteiger partial charge in [0.2, 0.25) is 0 Å². The van der Waals surface area contributed by atoms with Crippen LogP contribution in [0.5, 0.6) is 0 Å². The Hall–Kier alpha value is -1.64. The number of aromatic nitrogens is 2. The summed E-state index contributed by atoms with van der Waals surface area (Å²) in [6.45, 7) is 6.34. The lowest BCUT2D eigenvalue weighted by Gasteiger charge is -2.20. The Balaban J connectivity index is 2.89. The number of pyridine rings is 1. The molecule has 0 spiro atoms. The second-order valence-electron chi connectivity index (χ2n) is 4.65. The standard InChI is InChI=1S/C12H14N2O/c1-12(2,3)9-5-4-8-14-10(15)6-7-13-11(9)14/h4-8H,1-3H3. The van der Waals surface area contributed by atoms with Crippen molar-refractivity contribution in [1.82, 2.24) is 9.38 Å². The van der Waals surface area contributed by atoms with E-state index in [-0.39, 0.29) is 11.0 Å². The van der Waals surface area contributed by atoms with E-state index in [4.69, 9.17) is 0 Å². The zero-order valence-electron chi connectivity index (χ0n) is 9.19. The van der Waals surface area contributed by atoms with E-state index in [0.717, 1.165) is 11.2 Å². The van der Waals surface area contributed by atoms with Gasteiger partial charge in [0, 0.05) is 24.0 Å². The van der Waals surface area contributed by atoms with Gasteiger partial charge < -0.3 is 0 Å². The fourth-order valence-electron chi connectivity index (χ4n) is 1.65. The first-order valence-electron chi connectivity index (χ1n) is 4.97. The molecule has 0 aromatic carbocycles. The third kappa shape index (κ3) is 1.65. The van der Waals surface area contributed by atoms with Crippen LogP contribution in [0.15, 0.2) is 35.4 Å². The highest BCUT2D eigenvalue weighted by atomic mass is 16.1. The van der Waals surface area contributed by atoms with Gasteiger partial charge in [0.15, 0.2) is 0 Å². The average Bonchev–Trinajstić information content (AvgIpc) is 2.16. The van der Waals surface area contributed by atoms with Crippen LogP contribution < -0.4 is 5.56 Å². The highest BCUT2D eigenvalue weighted by molar-refractivity contribution is 5.50. The van der Waals surface area contributed by atoms with Gasteiger partial charge in [0.1, 0.15) is 5.65 Å². The van der Waals surface area contributed by atoms with Crippen molar-refractivity contribution in [3.8, 4) is 0 Å². The second kappa shape index (κ2) is 3.19. The summed E-state index contributed by atoms with van der Waals surface area (Å²) in [4.78, 5) is 15.9. The Bertz CT molecular complexity index is 549. The molecule has 0 bridgehead atoms. The van der Waals surface area contributed by atoms with Crippen LogP contribution in [0.1, 0.15) is 26.3 Å². The van der Waals surface area contributed by atoms with Gasteiger partial charge in [-0.3, -0.25) is 9.20 Å². The lowest BCUT2D eigenvalue weighted by molar-refractivity contribution is 0.590. The van der Waals surface area contributed by atoms with E-state index in [1.807, 2.05) is 12.1 Å². The van der Waals surface area contributed by atoms with Gasteiger partial charge in [-0.25, -0.2) is 4.98 Å². The van der Waals surface area contributed by atoms with Crippen molar-refractivity contribution < 1.29 is 0 Å². The molecule has 2 aromatic heterocycles. The van der Waals surface area contributed by atoms with E-state index in [2.05, 4.69) is 25.8 Å². The van der Waals surface area contributed by atoms with Gasteiger partial charge >= 0.3 is 0 Å². The van der Waals surface area contributed by atoms with Crippen LogP contribution >= 0.6 is 0 Å². The normalized spacial score (nSPS) is 11.9. The summed E-state index contributed by atoms with van der Waals surface area (Å²) >= 11 is 0. The molecule has 3 nitrogen and oxygen atoms in total. The molecule has 0 atom stereocenters. The second-order valence-corrected chi connectivity index (χ2v) is 4.65. The zero-order valence-corrected chi connectivity index (χ0v) is 9.19. The van der Waals surface area contributed by atoms with Crippen LogP contribution in [0.2, 0.25) is 0 Å². The van der Waals surface area contributed by atoms with E-state index in [1.54, 1.807) is 16.8 Å². The molecule has 2 heterocycles. The van der Waals surface area contributed by atoms with Crippen molar-refractivity contribution >= 4 is 5.65 Å². The number of hydrogen-bond acceptors (Lipinski definition) is 2. The summed E-state index contributed by atoms with van der Waals surface area (Å²) < 4.78 is 1.58. The lowest BCUT2D eigenvalue weighted by atomic mass is 9.88. The molecule has 0 aliphatic rings. The van der Waals surface area contributed by atoms with Gasteiger partial charge in [0.25, 0.3) is 5.56 Å². The highest BCUT2D eigenvalue weighted by Gasteiger charge is 2.17. The summed E-state index contributed by atoms with van der Waals surface area (Å²) in [7, 11) is 0. The monoisotopic (exact) mass is 202 g/mol. The maximum atomic E-state index is 11.6. The van der Waals surface area contributed by atoms with Gasteiger partial charge in [-0.15, -0.1) is 0 Å². The number of fused-ring (bicyclic) bond motifs is 1. The fraction of sp³-hybridized carbons (Fsp3) is 0.333. The Labute approximate surface area is 88.4 Å². The minimum Gasteiger partial charge on any atom is -0.269 e. The smallest absolute Gasteiger partial charge is 0.257 e. The van der Waals surface area contributed by atoms with E-state index in [0.29, 0.717) is 0 Å². The summed E-state index contributed by atoms with van der Waals surface area (Å²) in [5, 5.41) is 0. The Morgan fingerprint density at radius 2 is 2.00 bits per heavy atom. The molecule has 2 aromatic rings. The molecule has 0 saturated carbocycles. The molecule has 0 amide bonds. The Morgan fingerprint density at radius 1 is 1.27 bits per heavy atom. The molecule has 78 valence electrons. The van der Waals surface area contributed by atoms with E-state index in [1.165, 1.54) is 6.07 Å². The van der Waals surface area contributed by atoms with Crippen LogP contribution in [0.4, 0.5) is 0 Å². The molecule has 0 unspecified atom stereocenters. The molecule has 0 aliphatic carbocycles. The minimum atomic E-state index is -0.0360. The SMILES string of the molecule is CC(C)(C)c1cccn2c(=O)ccnc12. The van der Waals surface area contributed by atoms with Crippen molar-refractivity contribution in [1.29, 1.82) is 0 Å². The predicted molar refractivity (Wildman–Crippen MR) is 60.2 cm³/mol. The van der Waals surface area contributed by atoms with Crippen LogP contribution in [0, 0.1) is 0 Å². The third-order valence-electron chi connectivity index (χ3n) is 2.43. The number of nitrogens with zero attached hydrogens (tertiary/aromatic N) is 2. The summed E-state index contributed by atoms with van der Waals surface area (Å²) in [6.07, 6.45) is 3.31. The van der Waals surface area contributed by atoms with Gasteiger partial charge in [0.05, 0.1) is 0 Å². The summed E-state index contributed by atoms with van der Waals surface area (Å²) in [6, 6.07) is 5.37.